The fraction of sp³-hybridized carbons (Fsp3) is 0.167. The Bertz CT molecular complexity index is 976. The zero-order valence-electron chi connectivity index (χ0n) is 16.4. The minimum absolute atomic E-state index is 0.120. The molecular weight excluding hydrogens is 348 g/mol. The molecule has 3 rings (SSSR count). The zero-order chi connectivity index (χ0) is 20.1. The van der Waals surface area contributed by atoms with Crippen LogP contribution in [0.2, 0.25) is 0 Å². The lowest BCUT2D eigenvalue weighted by molar-refractivity contribution is 0.0785. The fourth-order valence-electron chi connectivity index (χ4n) is 3.19. The third-order valence-electron chi connectivity index (χ3n) is 4.46. The lowest BCUT2D eigenvalue weighted by Gasteiger charge is -2.18. The lowest BCUT2D eigenvalue weighted by Crippen LogP contribution is -2.26. The van der Waals surface area contributed by atoms with Crippen molar-refractivity contribution in [1.82, 2.24) is 4.90 Å². The van der Waals surface area contributed by atoms with Crippen molar-refractivity contribution in [1.29, 1.82) is 0 Å². The van der Waals surface area contributed by atoms with Gasteiger partial charge in [-0.15, -0.1) is 0 Å². The van der Waals surface area contributed by atoms with Gasteiger partial charge in [-0.1, -0.05) is 42.5 Å². The van der Waals surface area contributed by atoms with Gasteiger partial charge in [-0.05, 0) is 60.9 Å². The number of nitrogens with zero attached hydrogens (tertiary/aromatic N) is 1. The van der Waals surface area contributed by atoms with Gasteiger partial charge in [0.1, 0.15) is 0 Å². The lowest BCUT2D eigenvalue weighted by atomic mass is 10.1. The summed E-state index contributed by atoms with van der Waals surface area (Å²) < 4.78 is 0. The fourth-order valence-corrected chi connectivity index (χ4v) is 3.19. The van der Waals surface area contributed by atoms with Gasteiger partial charge in [0.05, 0.1) is 0 Å². The molecule has 2 amide bonds. The minimum atomic E-state index is -0.231. The molecule has 0 radical (unpaired) electrons. The highest BCUT2D eigenvalue weighted by Crippen LogP contribution is 2.16. The average Bonchev–Trinajstić information content (AvgIpc) is 2.67. The van der Waals surface area contributed by atoms with E-state index >= 15 is 0 Å². The molecule has 0 heterocycles. The Morgan fingerprint density at radius 2 is 1.46 bits per heavy atom. The molecular formula is C24H24N2O2. The van der Waals surface area contributed by atoms with Crippen molar-refractivity contribution in [2.24, 2.45) is 0 Å². The Kier molecular flexibility index (Phi) is 5.90. The number of nitrogens with one attached hydrogen (secondary N) is 1. The molecule has 0 aliphatic rings. The average molecular weight is 372 g/mol. The summed E-state index contributed by atoms with van der Waals surface area (Å²) in [5.74, 6) is -0.352. The predicted molar refractivity (Wildman–Crippen MR) is 113 cm³/mol. The highest BCUT2D eigenvalue weighted by atomic mass is 16.2. The molecule has 0 aromatic heterocycles. The van der Waals surface area contributed by atoms with Crippen molar-refractivity contribution >= 4 is 17.5 Å². The Morgan fingerprint density at radius 3 is 2.14 bits per heavy atom. The van der Waals surface area contributed by atoms with Crippen LogP contribution in [0.15, 0.2) is 72.8 Å². The van der Waals surface area contributed by atoms with Gasteiger partial charge in [0.2, 0.25) is 0 Å². The van der Waals surface area contributed by atoms with Crippen LogP contribution < -0.4 is 5.32 Å². The van der Waals surface area contributed by atoms with Crippen molar-refractivity contribution in [3.63, 3.8) is 0 Å². The Hall–Kier alpha value is -3.40. The molecule has 0 aliphatic carbocycles. The number of aryl methyl sites for hydroxylation is 2. The number of benzene rings is 3. The third kappa shape index (κ3) is 4.86. The van der Waals surface area contributed by atoms with E-state index in [2.05, 4.69) is 11.4 Å². The molecule has 3 aromatic rings. The monoisotopic (exact) mass is 372 g/mol. The summed E-state index contributed by atoms with van der Waals surface area (Å²) in [7, 11) is 1.76. The number of hydrogen-bond acceptors (Lipinski definition) is 2. The zero-order valence-corrected chi connectivity index (χ0v) is 16.4. The number of carbonyl (C=O) groups is 2. The van der Waals surface area contributed by atoms with Crippen molar-refractivity contribution in [3.05, 3.63) is 101 Å². The molecule has 0 spiro atoms. The first kappa shape index (κ1) is 19.4. The Morgan fingerprint density at radius 1 is 0.821 bits per heavy atom. The maximum Gasteiger partial charge on any atom is 0.255 e. The van der Waals surface area contributed by atoms with Crippen LogP contribution in [-0.2, 0) is 6.54 Å². The van der Waals surface area contributed by atoms with Crippen LogP contribution >= 0.6 is 0 Å². The van der Waals surface area contributed by atoms with Gasteiger partial charge in [0.25, 0.3) is 11.8 Å². The summed E-state index contributed by atoms with van der Waals surface area (Å²) in [6.45, 7) is 4.49. The molecule has 4 nitrogen and oxygen atoms in total. The van der Waals surface area contributed by atoms with E-state index in [-0.39, 0.29) is 11.8 Å². The topological polar surface area (TPSA) is 49.4 Å². The van der Waals surface area contributed by atoms with E-state index in [1.807, 2.05) is 56.3 Å². The van der Waals surface area contributed by atoms with E-state index in [1.54, 1.807) is 36.2 Å². The van der Waals surface area contributed by atoms with Crippen LogP contribution in [0.3, 0.4) is 0 Å². The summed E-state index contributed by atoms with van der Waals surface area (Å²) in [6, 6.07) is 22.5. The van der Waals surface area contributed by atoms with Gasteiger partial charge < -0.3 is 10.2 Å². The minimum Gasteiger partial charge on any atom is -0.337 e. The van der Waals surface area contributed by atoms with E-state index in [4.69, 9.17) is 0 Å². The van der Waals surface area contributed by atoms with Crippen LogP contribution in [0, 0.1) is 13.8 Å². The van der Waals surface area contributed by atoms with Crippen LogP contribution in [0.4, 0.5) is 5.69 Å². The normalized spacial score (nSPS) is 10.4. The second kappa shape index (κ2) is 8.53. The first-order valence-electron chi connectivity index (χ1n) is 9.21. The largest absolute Gasteiger partial charge is 0.337 e. The first-order chi connectivity index (χ1) is 13.4. The highest BCUT2D eigenvalue weighted by molar-refractivity contribution is 6.06. The van der Waals surface area contributed by atoms with Gasteiger partial charge in [0, 0.05) is 30.4 Å². The third-order valence-corrected chi connectivity index (χ3v) is 4.46. The summed E-state index contributed by atoms with van der Waals surface area (Å²) in [5, 5.41) is 2.91. The molecule has 1 N–H and O–H groups in total. The highest BCUT2D eigenvalue weighted by Gasteiger charge is 2.15. The molecule has 0 saturated heterocycles. The van der Waals surface area contributed by atoms with E-state index in [0.717, 1.165) is 22.4 Å². The number of amides is 2. The number of carbonyl (C=O) groups excluding carboxylic acids is 2. The maximum absolute atomic E-state index is 12.8. The molecule has 0 unspecified atom stereocenters. The van der Waals surface area contributed by atoms with Crippen molar-refractivity contribution in [2.45, 2.75) is 20.4 Å². The molecule has 0 aliphatic heterocycles. The molecule has 3 aromatic carbocycles. The SMILES string of the molecule is Cc1cc(C)cc(NC(=O)c2cccc(C(=O)N(C)Cc3ccccc3)c2)c1. The number of rotatable bonds is 5. The number of anilines is 1. The van der Waals surface area contributed by atoms with Gasteiger partial charge >= 0.3 is 0 Å². The molecule has 4 heteroatoms. The van der Waals surface area contributed by atoms with Crippen molar-refractivity contribution in [2.75, 3.05) is 12.4 Å². The van der Waals surface area contributed by atoms with Crippen LogP contribution in [0.25, 0.3) is 0 Å². The van der Waals surface area contributed by atoms with Gasteiger partial charge in [-0.25, -0.2) is 0 Å². The maximum atomic E-state index is 12.8. The van der Waals surface area contributed by atoms with Crippen LogP contribution in [0.1, 0.15) is 37.4 Å². The molecule has 0 bridgehead atoms. The molecule has 28 heavy (non-hydrogen) atoms. The van der Waals surface area contributed by atoms with E-state index in [9.17, 15) is 9.59 Å². The van der Waals surface area contributed by atoms with Gasteiger partial charge in [-0.3, -0.25) is 9.59 Å². The Balaban J connectivity index is 1.73. The van der Waals surface area contributed by atoms with Gasteiger partial charge in [-0.2, -0.15) is 0 Å². The molecule has 0 saturated carbocycles. The Labute approximate surface area is 165 Å². The van der Waals surface area contributed by atoms with E-state index in [0.29, 0.717) is 17.7 Å². The molecule has 0 atom stereocenters. The van der Waals surface area contributed by atoms with Crippen LogP contribution in [0.5, 0.6) is 0 Å². The second-order valence-corrected chi connectivity index (χ2v) is 7.06. The molecule has 0 fully saturated rings. The summed E-state index contributed by atoms with van der Waals surface area (Å²) in [5.41, 5.74) is 4.93. The summed E-state index contributed by atoms with van der Waals surface area (Å²) >= 11 is 0. The first-order valence-corrected chi connectivity index (χ1v) is 9.21. The summed E-state index contributed by atoms with van der Waals surface area (Å²) in [6.07, 6.45) is 0. The predicted octanol–water partition coefficient (Wildman–Crippen LogP) is 4.83. The van der Waals surface area contributed by atoms with Gasteiger partial charge in [0.15, 0.2) is 0 Å². The number of hydrogen-bond donors (Lipinski definition) is 1. The second-order valence-electron chi connectivity index (χ2n) is 7.06. The standard InChI is InChI=1S/C24H24N2O2/c1-17-12-18(2)14-22(13-17)25-23(27)20-10-7-11-21(15-20)24(28)26(3)16-19-8-5-4-6-9-19/h4-15H,16H2,1-3H3,(H,25,27). The van der Waals surface area contributed by atoms with Crippen molar-refractivity contribution < 1.29 is 9.59 Å². The van der Waals surface area contributed by atoms with Crippen LogP contribution in [-0.4, -0.2) is 23.8 Å². The summed E-state index contributed by atoms with van der Waals surface area (Å²) in [4.78, 5) is 27.1. The quantitative estimate of drug-likeness (QED) is 0.697. The van der Waals surface area contributed by atoms with Crippen molar-refractivity contribution in [3.8, 4) is 0 Å². The smallest absolute Gasteiger partial charge is 0.255 e. The van der Waals surface area contributed by atoms with E-state index < -0.39 is 0 Å². The molecule has 142 valence electrons. The van der Waals surface area contributed by atoms with E-state index in [1.165, 1.54) is 0 Å².